The van der Waals surface area contributed by atoms with Crippen molar-refractivity contribution in [3.63, 3.8) is 0 Å². The predicted molar refractivity (Wildman–Crippen MR) is 61.9 cm³/mol. The lowest BCUT2D eigenvalue weighted by Crippen LogP contribution is -2.20. The number of carbonyl (C=O) groups is 1. The molecule has 0 aliphatic rings. The van der Waals surface area contributed by atoms with Crippen LogP contribution in [0, 0.1) is 0 Å². The predicted octanol–water partition coefficient (Wildman–Crippen LogP) is 3.60. The summed E-state index contributed by atoms with van der Waals surface area (Å²) < 4.78 is 5.20. The third kappa shape index (κ3) is 3.20. The second-order valence-electron chi connectivity index (χ2n) is 3.09. The summed E-state index contributed by atoms with van der Waals surface area (Å²) in [5, 5.41) is 0.823. The minimum absolute atomic E-state index is 0.0876. The van der Waals surface area contributed by atoms with E-state index in [1.807, 2.05) is 6.92 Å². The molecule has 0 aliphatic heterocycles. The molecular weight excluding hydrogens is 235 g/mol. The van der Waals surface area contributed by atoms with Crippen molar-refractivity contribution in [1.82, 2.24) is 0 Å². The van der Waals surface area contributed by atoms with Gasteiger partial charge < -0.3 is 4.74 Å². The second kappa shape index (κ2) is 5.50. The fraction of sp³-hybridized carbons (Fsp3) is 0.364. The van der Waals surface area contributed by atoms with Gasteiger partial charge in [0, 0.05) is 12.2 Å². The van der Waals surface area contributed by atoms with Crippen LogP contribution in [0.25, 0.3) is 0 Å². The van der Waals surface area contributed by atoms with Crippen LogP contribution in [-0.4, -0.2) is 18.5 Å². The van der Waals surface area contributed by atoms with Crippen LogP contribution in [0.1, 0.15) is 24.2 Å². The summed E-state index contributed by atoms with van der Waals surface area (Å²) in [5.74, 6) is -0.0876. The highest BCUT2D eigenvalue weighted by Crippen LogP contribution is 2.23. The molecule has 15 heavy (non-hydrogen) atoms. The summed E-state index contributed by atoms with van der Waals surface area (Å²) in [5.41, 5.74) is 0.519. The smallest absolute Gasteiger partial charge is 0.191 e. The third-order valence-electron chi connectivity index (χ3n) is 1.99. The molecule has 1 unspecified atom stereocenters. The Morgan fingerprint density at radius 3 is 2.60 bits per heavy atom. The van der Waals surface area contributed by atoms with Crippen molar-refractivity contribution in [3.8, 4) is 0 Å². The van der Waals surface area contributed by atoms with Crippen molar-refractivity contribution < 1.29 is 9.53 Å². The van der Waals surface area contributed by atoms with Crippen LogP contribution >= 0.6 is 23.2 Å². The molecule has 0 amide bonds. The number of hydrogen-bond acceptors (Lipinski definition) is 2. The molecular formula is C11H12Cl2O2. The lowest BCUT2D eigenvalue weighted by atomic mass is 10.1. The highest BCUT2D eigenvalue weighted by molar-refractivity contribution is 6.42. The minimum Gasteiger partial charge on any atom is -0.371 e. The molecule has 0 N–H and O–H groups in total. The summed E-state index contributed by atoms with van der Waals surface area (Å²) in [6.07, 6.45) is -0.452. The summed E-state index contributed by atoms with van der Waals surface area (Å²) in [4.78, 5) is 11.8. The van der Waals surface area contributed by atoms with Gasteiger partial charge in [-0.3, -0.25) is 4.79 Å². The second-order valence-corrected chi connectivity index (χ2v) is 3.91. The molecule has 2 nitrogen and oxygen atoms in total. The van der Waals surface area contributed by atoms with Crippen LogP contribution in [0.4, 0.5) is 0 Å². The van der Waals surface area contributed by atoms with Crippen molar-refractivity contribution in [2.75, 3.05) is 6.61 Å². The highest BCUT2D eigenvalue weighted by Gasteiger charge is 2.15. The lowest BCUT2D eigenvalue weighted by molar-refractivity contribution is 0.0520. The van der Waals surface area contributed by atoms with Gasteiger partial charge in [-0.05, 0) is 32.0 Å². The van der Waals surface area contributed by atoms with E-state index in [1.165, 1.54) is 0 Å². The van der Waals surface area contributed by atoms with E-state index in [0.717, 1.165) is 0 Å². The van der Waals surface area contributed by atoms with Crippen LogP contribution in [-0.2, 0) is 4.74 Å². The monoisotopic (exact) mass is 246 g/mol. The Bertz CT molecular complexity index is 364. The normalized spacial score (nSPS) is 12.5. The zero-order chi connectivity index (χ0) is 11.4. The maximum absolute atomic E-state index is 11.8. The van der Waals surface area contributed by atoms with E-state index in [4.69, 9.17) is 27.9 Å². The van der Waals surface area contributed by atoms with Crippen LogP contribution < -0.4 is 0 Å². The van der Waals surface area contributed by atoms with E-state index >= 15 is 0 Å². The van der Waals surface area contributed by atoms with Crippen LogP contribution in [0.15, 0.2) is 18.2 Å². The summed E-state index contributed by atoms with van der Waals surface area (Å²) >= 11 is 11.6. The SMILES string of the molecule is CCOC(C)C(=O)c1ccc(Cl)c(Cl)c1. The first-order chi connectivity index (χ1) is 7.06. The molecule has 0 saturated heterocycles. The Morgan fingerprint density at radius 2 is 2.07 bits per heavy atom. The molecule has 0 spiro atoms. The molecule has 0 heterocycles. The maximum atomic E-state index is 11.8. The van der Waals surface area contributed by atoms with Crippen molar-refractivity contribution >= 4 is 29.0 Å². The van der Waals surface area contributed by atoms with Gasteiger partial charge in [-0.15, -0.1) is 0 Å². The average Bonchev–Trinajstić information content (AvgIpc) is 2.21. The van der Waals surface area contributed by atoms with Gasteiger partial charge in [0.05, 0.1) is 10.0 Å². The number of ether oxygens (including phenoxy) is 1. The minimum atomic E-state index is -0.452. The van der Waals surface area contributed by atoms with Crippen molar-refractivity contribution in [3.05, 3.63) is 33.8 Å². The van der Waals surface area contributed by atoms with E-state index in [1.54, 1.807) is 25.1 Å². The van der Waals surface area contributed by atoms with Gasteiger partial charge in [0.25, 0.3) is 0 Å². The first kappa shape index (κ1) is 12.5. The van der Waals surface area contributed by atoms with Crippen LogP contribution in [0.5, 0.6) is 0 Å². The fourth-order valence-electron chi connectivity index (χ4n) is 1.21. The lowest BCUT2D eigenvalue weighted by Gasteiger charge is -2.10. The molecule has 1 atom stereocenters. The summed E-state index contributed by atoms with van der Waals surface area (Å²) in [6, 6.07) is 4.81. The van der Waals surface area contributed by atoms with Gasteiger partial charge in [0.2, 0.25) is 0 Å². The fourth-order valence-corrected chi connectivity index (χ4v) is 1.51. The van der Waals surface area contributed by atoms with Gasteiger partial charge >= 0.3 is 0 Å². The standard InChI is InChI=1S/C11H12Cl2O2/c1-3-15-7(2)11(14)8-4-5-9(12)10(13)6-8/h4-7H,3H2,1-2H3. The number of hydrogen-bond donors (Lipinski definition) is 0. The number of Topliss-reactive ketones (excluding diaryl/α,β-unsaturated/α-hetero) is 1. The molecule has 0 aliphatic carbocycles. The van der Waals surface area contributed by atoms with E-state index in [0.29, 0.717) is 22.2 Å². The van der Waals surface area contributed by atoms with Crippen LogP contribution in [0.3, 0.4) is 0 Å². The van der Waals surface area contributed by atoms with E-state index in [9.17, 15) is 4.79 Å². The van der Waals surface area contributed by atoms with Crippen LogP contribution in [0.2, 0.25) is 10.0 Å². The molecule has 1 aromatic carbocycles. The number of benzene rings is 1. The van der Waals surface area contributed by atoms with Gasteiger partial charge in [-0.2, -0.15) is 0 Å². The van der Waals surface area contributed by atoms with Gasteiger partial charge in [-0.1, -0.05) is 23.2 Å². The Morgan fingerprint density at radius 1 is 1.40 bits per heavy atom. The largest absolute Gasteiger partial charge is 0.371 e. The number of ketones is 1. The highest BCUT2D eigenvalue weighted by atomic mass is 35.5. The Hall–Kier alpha value is -0.570. The summed E-state index contributed by atoms with van der Waals surface area (Å²) in [6.45, 7) is 4.07. The van der Waals surface area contributed by atoms with Gasteiger partial charge in [0.1, 0.15) is 6.10 Å². The summed E-state index contributed by atoms with van der Waals surface area (Å²) in [7, 11) is 0. The number of halogens is 2. The molecule has 1 aromatic rings. The molecule has 0 bridgehead atoms. The molecule has 82 valence electrons. The van der Waals surface area contributed by atoms with Crippen molar-refractivity contribution in [2.24, 2.45) is 0 Å². The van der Waals surface area contributed by atoms with Crippen molar-refractivity contribution in [2.45, 2.75) is 20.0 Å². The quantitative estimate of drug-likeness (QED) is 0.760. The zero-order valence-corrected chi connectivity index (χ0v) is 10.1. The molecule has 4 heteroatoms. The van der Waals surface area contributed by atoms with E-state index in [2.05, 4.69) is 0 Å². The van der Waals surface area contributed by atoms with Crippen molar-refractivity contribution in [1.29, 1.82) is 0 Å². The number of carbonyl (C=O) groups excluding carboxylic acids is 1. The zero-order valence-electron chi connectivity index (χ0n) is 8.59. The average molecular weight is 247 g/mol. The first-order valence-corrected chi connectivity index (χ1v) is 5.42. The first-order valence-electron chi connectivity index (χ1n) is 4.67. The maximum Gasteiger partial charge on any atom is 0.191 e. The topological polar surface area (TPSA) is 26.3 Å². The molecule has 0 radical (unpaired) electrons. The van der Waals surface area contributed by atoms with Gasteiger partial charge in [0.15, 0.2) is 5.78 Å². The number of rotatable bonds is 4. The van der Waals surface area contributed by atoms with E-state index in [-0.39, 0.29) is 5.78 Å². The Balaban J connectivity index is 2.87. The Kier molecular flexibility index (Phi) is 4.58. The molecule has 1 rings (SSSR count). The molecule has 0 fully saturated rings. The third-order valence-corrected chi connectivity index (χ3v) is 2.73. The molecule has 0 saturated carbocycles. The molecule has 0 aromatic heterocycles. The Labute approximate surface area is 99.1 Å². The van der Waals surface area contributed by atoms with Gasteiger partial charge in [-0.25, -0.2) is 0 Å². The van der Waals surface area contributed by atoms with E-state index < -0.39 is 6.10 Å².